The van der Waals surface area contributed by atoms with Gasteiger partial charge in [0.1, 0.15) is 35.8 Å². The molecule has 0 aromatic heterocycles. The van der Waals surface area contributed by atoms with E-state index in [4.69, 9.17) is 43.1 Å². The highest BCUT2D eigenvalue weighted by Crippen LogP contribution is 2.55. The minimum absolute atomic E-state index is 0.0453. The molecular weight excluding hydrogens is 557 g/mol. The third-order valence-electron chi connectivity index (χ3n) is 7.39. The Morgan fingerprint density at radius 1 is 0.923 bits per heavy atom. The summed E-state index contributed by atoms with van der Waals surface area (Å²) in [4.78, 5) is 37.8. The van der Waals surface area contributed by atoms with Gasteiger partial charge in [0.25, 0.3) is 5.91 Å². The van der Waals surface area contributed by atoms with Crippen molar-refractivity contribution in [3.05, 3.63) is 58.1 Å². The second-order valence-corrected chi connectivity index (χ2v) is 10.9. The van der Waals surface area contributed by atoms with Gasteiger partial charge in [-0.2, -0.15) is 0 Å². The molecule has 3 fully saturated rings. The number of fused-ring (bicyclic) bond motifs is 3. The molecule has 1 atom stereocenters. The predicted molar refractivity (Wildman–Crippen MR) is 139 cm³/mol. The number of rotatable bonds is 11. The van der Waals surface area contributed by atoms with E-state index in [1.54, 1.807) is 0 Å². The van der Waals surface area contributed by atoms with Crippen molar-refractivity contribution in [1.82, 2.24) is 5.32 Å². The zero-order chi connectivity index (χ0) is 28.2. The average Bonchev–Trinajstić information content (AvgIpc) is 2.91. The number of ether oxygens (including phenoxy) is 3. The standard InChI is InChI=1S/C27H28Cl2F2N2O6/c28-19-3-1-17(9-21(19)30)37-14-16(34)11-26-5-7-27(8-6-26,23(12-26)39-25(36)13-32)33-24(35)15-38-18-2-4-20(29)22(31)10-18/h1-4,9-10,23H,5-8,11-15,32H2,(H,33,35)/t23-,26?,27?/m1/s1. The largest absolute Gasteiger partial charge is 0.486 e. The third-order valence-corrected chi connectivity index (χ3v) is 8.00. The molecule has 3 N–H and O–H groups in total. The first-order valence-electron chi connectivity index (χ1n) is 12.4. The van der Waals surface area contributed by atoms with Crippen LogP contribution in [0, 0.1) is 17.0 Å². The van der Waals surface area contributed by atoms with E-state index in [1.807, 2.05) is 0 Å². The summed E-state index contributed by atoms with van der Waals surface area (Å²) in [5.74, 6) is -2.25. The van der Waals surface area contributed by atoms with E-state index in [-0.39, 0.29) is 53.5 Å². The van der Waals surface area contributed by atoms with Gasteiger partial charge >= 0.3 is 5.97 Å². The van der Waals surface area contributed by atoms with Crippen molar-refractivity contribution in [3.8, 4) is 11.5 Å². The van der Waals surface area contributed by atoms with Crippen LogP contribution in [0.25, 0.3) is 0 Å². The van der Waals surface area contributed by atoms with E-state index in [2.05, 4.69) is 5.32 Å². The molecule has 3 saturated carbocycles. The van der Waals surface area contributed by atoms with E-state index in [0.717, 1.165) is 12.1 Å². The number of ketones is 1. The van der Waals surface area contributed by atoms with Gasteiger partial charge < -0.3 is 25.3 Å². The van der Waals surface area contributed by atoms with E-state index in [0.29, 0.717) is 32.1 Å². The van der Waals surface area contributed by atoms with Gasteiger partial charge in [-0.05, 0) is 61.8 Å². The summed E-state index contributed by atoms with van der Waals surface area (Å²) in [6.45, 7) is -0.962. The molecule has 2 aromatic rings. The number of halogens is 4. The maximum atomic E-state index is 13.7. The molecule has 0 heterocycles. The molecule has 0 spiro atoms. The molecule has 39 heavy (non-hydrogen) atoms. The number of esters is 1. The van der Waals surface area contributed by atoms with Gasteiger partial charge in [-0.25, -0.2) is 8.78 Å². The Bertz CT molecular complexity index is 1250. The highest BCUT2D eigenvalue weighted by atomic mass is 35.5. The maximum absolute atomic E-state index is 13.7. The summed E-state index contributed by atoms with van der Waals surface area (Å²) in [6, 6.07) is 7.79. The number of carbonyl (C=O) groups is 3. The van der Waals surface area contributed by atoms with Crippen molar-refractivity contribution >= 4 is 40.9 Å². The van der Waals surface area contributed by atoms with Gasteiger partial charge in [0.15, 0.2) is 12.4 Å². The number of carbonyl (C=O) groups excluding carboxylic acids is 3. The van der Waals surface area contributed by atoms with Crippen LogP contribution in [0.4, 0.5) is 8.78 Å². The van der Waals surface area contributed by atoms with Gasteiger partial charge in [-0.3, -0.25) is 14.4 Å². The van der Waals surface area contributed by atoms with Crippen LogP contribution in [0.2, 0.25) is 10.0 Å². The lowest BCUT2D eigenvalue weighted by atomic mass is 9.54. The van der Waals surface area contributed by atoms with Gasteiger partial charge in [0, 0.05) is 18.6 Å². The number of Topliss-reactive ketones (excluding diaryl/α,β-unsaturated/α-hetero) is 1. The molecular formula is C27H28Cl2F2N2O6. The second-order valence-electron chi connectivity index (χ2n) is 10.0. The smallest absolute Gasteiger partial charge is 0.320 e. The molecule has 0 unspecified atom stereocenters. The van der Waals surface area contributed by atoms with Gasteiger partial charge in [0.05, 0.1) is 22.1 Å². The molecule has 3 aliphatic rings. The fourth-order valence-corrected chi connectivity index (χ4v) is 5.62. The van der Waals surface area contributed by atoms with E-state index in [9.17, 15) is 23.2 Å². The minimum Gasteiger partial charge on any atom is -0.486 e. The van der Waals surface area contributed by atoms with E-state index in [1.165, 1.54) is 24.3 Å². The first-order chi connectivity index (χ1) is 18.5. The van der Waals surface area contributed by atoms with Crippen molar-refractivity contribution in [2.45, 2.75) is 50.2 Å². The molecule has 0 radical (unpaired) electrons. The van der Waals surface area contributed by atoms with Crippen LogP contribution in [0.5, 0.6) is 11.5 Å². The van der Waals surface area contributed by atoms with Crippen molar-refractivity contribution in [2.24, 2.45) is 11.1 Å². The topological polar surface area (TPSA) is 117 Å². The van der Waals surface area contributed by atoms with Crippen molar-refractivity contribution in [1.29, 1.82) is 0 Å². The normalized spacial score (nSPS) is 23.7. The third kappa shape index (κ3) is 6.98. The Morgan fingerprint density at radius 2 is 1.49 bits per heavy atom. The molecule has 210 valence electrons. The lowest BCUT2D eigenvalue weighted by molar-refractivity contribution is -0.169. The number of amides is 1. The Hall–Kier alpha value is -2.95. The van der Waals surface area contributed by atoms with Crippen LogP contribution in [-0.4, -0.2) is 49.1 Å². The van der Waals surface area contributed by atoms with Gasteiger partial charge in [-0.15, -0.1) is 0 Å². The highest BCUT2D eigenvalue weighted by Gasteiger charge is 2.57. The number of hydrogen-bond donors (Lipinski definition) is 2. The molecule has 5 rings (SSSR count). The highest BCUT2D eigenvalue weighted by molar-refractivity contribution is 6.31. The lowest BCUT2D eigenvalue weighted by Crippen LogP contribution is -2.66. The van der Waals surface area contributed by atoms with Crippen LogP contribution in [0.3, 0.4) is 0 Å². The first kappa shape index (κ1) is 29.0. The summed E-state index contributed by atoms with van der Waals surface area (Å²) in [5.41, 5.74) is 4.17. The van der Waals surface area contributed by atoms with Gasteiger partial charge in [-0.1, -0.05) is 23.2 Å². The number of benzene rings is 2. The second kappa shape index (κ2) is 12.1. The zero-order valence-electron chi connectivity index (χ0n) is 20.9. The fraction of sp³-hybridized carbons (Fsp3) is 0.444. The molecule has 0 saturated heterocycles. The number of nitrogens with two attached hydrogens (primary N) is 1. The van der Waals surface area contributed by atoms with Crippen molar-refractivity contribution in [2.75, 3.05) is 19.8 Å². The molecule has 3 aliphatic carbocycles. The predicted octanol–water partition coefficient (Wildman–Crippen LogP) is 4.38. The quantitative estimate of drug-likeness (QED) is 0.376. The van der Waals surface area contributed by atoms with E-state index < -0.39 is 40.6 Å². The first-order valence-corrected chi connectivity index (χ1v) is 13.2. The summed E-state index contributed by atoms with van der Waals surface area (Å²) in [7, 11) is 0. The summed E-state index contributed by atoms with van der Waals surface area (Å²) in [6.07, 6.45) is 1.97. The Labute approximate surface area is 234 Å². The van der Waals surface area contributed by atoms with Crippen molar-refractivity contribution < 1.29 is 37.4 Å². The molecule has 0 aliphatic heterocycles. The Kier molecular flexibility index (Phi) is 8.98. The summed E-state index contributed by atoms with van der Waals surface area (Å²) in [5, 5.41) is 2.86. The Balaban J connectivity index is 1.38. The number of hydrogen-bond acceptors (Lipinski definition) is 7. The maximum Gasteiger partial charge on any atom is 0.320 e. The molecule has 2 aromatic carbocycles. The van der Waals surface area contributed by atoms with Crippen LogP contribution in [-0.2, 0) is 19.1 Å². The summed E-state index contributed by atoms with van der Waals surface area (Å²) < 4.78 is 43.8. The lowest BCUT2D eigenvalue weighted by Gasteiger charge is -2.57. The van der Waals surface area contributed by atoms with Crippen LogP contribution in [0.1, 0.15) is 38.5 Å². The molecule has 1 amide bonds. The van der Waals surface area contributed by atoms with Crippen LogP contribution >= 0.6 is 23.2 Å². The zero-order valence-corrected chi connectivity index (χ0v) is 22.5. The Morgan fingerprint density at radius 3 is 2.03 bits per heavy atom. The van der Waals surface area contributed by atoms with Crippen molar-refractivity contribution in [3.63, 3.8) is 0 Å². The average molecular weight is 585 g/mol. The fourth-order valence-electron chi connectivity index (χ4n) is 5.39. The molecule has 8 nitrogen and oxygen atoms in total. The number of nitrogens with one attached hydrogen (secondary N) is 1. The van der Waals surface area contributed by atoms with E-state index >= 15 is 0 Å². The molecule has 12 heteroatoms. The van der Waals surface area contributed by atoms with Crippen LogP contribution in [0.15, 0.2) is 36.4 Å². The minimum atomic E-state index is -0.849. The van der Waals surface area contributed by atoms with Gasteiger partial charge in [0.2, 0.25) is 0 Å². The monoisotopic (exact) mass is 584 g/mol. The molecule has 2 bridgehead atoms. The van der Waals surface area contributed by atoms with Crippen LogP contribution < -0.4 is 20.5 Å². The summed E-state index contributed by atoms with van der Waals surface area (Å²) >= 11 is 11.4. The SMILES string of the molecule is NCC(=O)O[C@@H]1CC2(CC(=O)COc3ccc(Cl)c(F)c3)CCC1(NC(=O)COc1ccc(Cl)c(F)c1)CC2.